The van der Waals surface area contributed by atoms with Crippen LogP contribution >= 0.6 is 0 Å². The van der Waals surface area contributed by atoms with Crippen LogP contribution in [0.2, 0.25) is 0 Å². The first-order valence-electron chi connectivity index (χ1n) is 11.3. The third-order valence-corrected chi connectivity index (χ3v) is 5.16. The molecule has 1 aromatic carbocycles. The van der Waals surface area contributed by atoms with Crippen LogP contribution in [0, 0.1) is 39.0 Å². The number of nitrogens with zero attached hydrogens (tertiary/aromatic N) is 7. The summed E-state index contributed by atoms with van der Waals surface area (Å²) in [5, 5.41) is 24.3. The summed E-state index contributed by atoms with van der Waals surface area (Å²) in [6.45, 7) is 11.0. The van der Waals surface area contributed by atoms with Gasteiger partial charge in [-0.25, -0.2) is 9.67 Å². The van der Waals surface area contributed by atoms with Gasteiger partial charge in [0.2, 0.25) is 0 Å². The van der Waals surface area contributed by atoms with Gasteiger partial charge in [0.25, 0.3) is 0 Å². The number of hydrogen-bond acceptors (Lipinski definition) is 8. The van der Waals surface area contributed by atoms with Gasteiger partial charge in [0.05, 0.1) is 16.9 Å². The Kier molecular flexibility index (Phi) is 8.36. The molecule has 3 aromatic heterocycles. The molecule has 0 fully saturated rings. The minimum absolute atomic E-state index is 0.0795. The zero-order valence-corrected chi connectivity index (χ0v) is 21.2. The number of nitrogens with one attached hydrogen (secondary N) is 1. The molecule has 0 saturated carbocycles. The maximum atomic E-state index is 11.6. The van der Waals surface area contributed by atoms with Crippen molar-refractivity contribution in [2.24, 2.45) is 4.99 Å². The number of nitriles is 1. The standard InChI is InChI=1S/C14H16N4.C13H12N4O/c1-4-15-13-9-12(7-5-10(13)2)16-14-8-6-11(3)17-18-14;1-8-7-17(16-12(8)6-14)13-11(10(3)18)5-4-9(2)15-13/h4-9H,1-3H3,(H,16,18);4-5,7H,1-3H3. The number of carbonyl (C=O) groups is 1. The van der Waals surface area contributed by atoms with E-state index in [9.17, 15) is 4.79 Å². The predicted molar refractivity (Wildman–Crippen MR) is 141 cm³/mol. The molecule has 0 aliphatic carbocycles. The number of hydrogen-bond donors (Lipinski definition) is 1. The van der Waals surface area contributed by atoms with E-state index in [0.29, 0.717) is 17.1 Å². The van der Waals surface area contributed by atoms with E-state index in [4.69, 9.17) is 5.26 Å². The van der Waals surface area contributed by atoms with E-state index < -0.39 is 0 Å². The van der Waals surface area contributed by atoms with E-state index in [1.165, 1.54) is 11.6 Å². The Balaban J connectivity index is 0.000000201. The number of pyridine rings is 1. The minimum Gasteiger partial charge on any atom is -0.339 e. The monoisotopic (exact) mass is 480 g/mol. The smallest absolute Gasteiger partial charge is 0.165 e. The number of aliphatic imine (C=N–C) groups is 1. The summed E-state index contributed by atoms with van der Waals surface area (Å²) in [5.74, 6) is 1.12. The molecule has 0 amide bonds. The number of ketones is 1. The fourth-order valence-electron chi connectivity index (χ4n) is 3.25. The van der Waals surface area contributed by atoms with Crippen LogP contribution in [0.1, 0.15) is 52.4 Å². The lowest BCUT2D eigenvalue weighted by molar-refractivity contribution is 0.101. The third-order valence-electron chi connectivity index (χ3n) is 5.16. The highest BCUT2D eigenvalue weighted by molar-refractivity contribution is 5.97. The molecule has 0 atom stereocenters. The van der Waals surface area contributed by atoms with Crippen LogP contribution in [-0.4, -0.2) is 37.0 Å². The average molecular weight is 481 g/mol. The summed E-state index contributed by atoms with van der Waals surface area (Å²) >= 11 is 0. The lowest BCUT2D eigenvalue weighted by Gasteiger charge is -2.07. The third kappa shape index (κ3) is 6.45. The molecule has 36 heavy (non-hydrogen) atoms. The molecule has 0 spiro atoms. The van der Waals surface area contributed by atoms with Crippen LogP contribution in [0.3, 0.4) is 0 Å². The second kappa shape index (κ2) is 11.6. The van der Waals surface area contributed by atoms with Crippen LogP contribution in [0.4, 0.5) is 17.2 Å². The summed E-state index contributed by atoms with van der Waals surface area (Å²) in [7, 11) is 0. The minimum atomic E-state index is -0.0795. The maximum Gasteiger partial charge on any atom is 0.165 e. The molecule has 9 heteroatoms. The molecule has 182 valence electrons. The molecule has 4 rings (SSSR count). The van der Waals surface area contributed by atoms with E-state index in [1.807, 2.05) is 64.1 Å². The van der Waals surface area contributed by atoms with Gasteiger partial charge in [-0.2, -0.15) is 15.5 Å². The lowest BCUT2D eigenvalue weighted by atomic mass is 10.1. The molecule has 3 heterocycles. The van der Waals surface area contributed by atoms with Crippen molar-refractivity contribution >= 4 is 29.2 Å². The van der Waals surface area contributed by atoms with Crippen molar-refractivity contribution in [3.63, 3.8) is 0 Å². The molecular formula is C27H28N8O. The van der Waals surface area contributed by atoms with Crippen molar-refractivity contribution in [2.45, 2.75) is 41.5 Å². The van der Waals surface area contributed by atoms with Crippen LogP contribution in [-0.2, 0) is 0 Å². The van der Waals surface area contributed by atoms with Gasteiger partial charge in [-0.3, -0.25) is 9.79 Å². The second-order valence-electron chi connectivity index (χ2n) is 8.17. The Bertz CT molecular complexity index is 1450. The van der Waals surface area contributed by atoms with Crippen molar-refractivity contribution in [1.29, 1.82) is 5.26 Å². The van der Waals surface area contributed by atoms with Gasteiger partial charge in [-0.1, -0.05) is 6.07 Å². The first-order valence-corrected chi connectivity index (χ1v) is 11.3. The highest BCUT2D eigenvalue weighted by atomic mass is 16.1. The predicted octanol–water partition coefficient (Wildman–Crippen LogP) is 5.52. The Morgan fingerprint density at radius 3 is 2.39 bits per heavy atom. The summed E-state index contributed by atoms with van der Waals surface area (Å²) in [4.78, 5) is 20.2. The molecule has 0 saturated heterocycles. The number of carbonyl (C=O) groups excluding carboxylic acids is 1. The average Bonchev–Trinajstić information content (AvgIpc) is 3.23. The maximum absolute atomic E-state index is 11.6. The van der Waals surface area contributed by atoms with Gasteiger partial charge in [-0.05, 0) is 83.5 Å². The number of anilines is 2. The first kappa shape index (κ1) is 25.9. The number of rotatable bonds is 5. The summed E-state index contributed by atoms with van der Waals surface area (Å²) in [6, 6.07) is 15.4. The van der Waals surface area contributed by atoms with E-state index in [0.717, 1.165) is 39.7 Å². The molecule has 0 radical (unpaired) electrons. The Morgan fingerprint density at radius 2 is 1.78 bits per heavy atom. The van der Waals surface area contributed by atoms with Crippen molar-refractivity contribution in [3.8, 4) is 11.9 Å². The molecule has 4 aromatic rings. The summed E-state index contributed by atoms with van der Waals surface area (Å²) < 4.78 is 1.48. The highest BCUT2D eigenvalue weighted by Crippen LogP contribution is 2.24. The van der Waals surface area contributed by atoms with Crippen LogP contribution < -0.4 is 5.32 Å². The molecule has 9 nitrogen and oxygen atoms in total. The van der Waals surface area contributed by atoms with Crippen LogP contribution in [0.15, 0.2) is 53.7 Å². The van der Waals surface area contributed by atoms with Crippen molar-refractivity contribution in [2.75, 3.05) is 5.32 Å². The summed E-state index contributed by atoms with van der Waals surface area (Å²) in [5.41, 5.74) is 6.36. The van der Waals surface area contributed by atoms with Crippen molar-refractivity contribution < 1.29 is 4.79 Å². The number of aromatic nitrogens is 5. The molecule has 1 N–H and O–H groups in total. The lowest BCUT2D eigenvalue weighted by Crippen LogP contribution is -2.07. The van der Waals surface area contributed by atoms with E-state index in [1.54, 1.807) is 31.5 Å². The quantitative estimate of drug-likeness (QED) is 0.295. The van der Waals surface area contributed by atoms with Crippen LogP contribution in [0.5, 0.6) is 0 Å². The Morgan fingerprint density at radius 1 is 1.03 bits per heavy atom. The van der Waals surface area contributed by atoms with Gasteiger partial charge in [0.1, 0.15) is 6.07 Å². The molecule has 0 aliphatic heterocycles. The molecular weight excluding hydrogens is 452 g/mol. The van der Waals surface area contributed by atoms with Gasteiger partial charge < -0.3 is 5.32 Å². The van der Waals surface area contributed by atoms with Gasteiger partial charge >= 0.3 is 0 Å². The normalized spacial score (nSPS) is 10.5. The Hall–Kier alpha value is -4.71. The Labute approximate surface area is 210 Å². The van der Waals surface area contributed by atoms with Gasteiger partial charge in [0, 0.05) is 29.4 Å². The molecule has 0 aliphatic rings. The highest BCUT2D eigenvalue weighted by Gasteiger charge is 2.14. The van der Waals surface area contributed by atoms with E-state index in [-0.39, 0.29) is 5.78 Å². The second-order valence-corrected chi connectivity index (χ2v) is 8.17. The van der Waals surface area contributed by atoms with E-state index in [2.05, 4.69) is 30.6 Å². The zero-order valence-electron chi connectivity index (χ0n) is 21.2. The first-order chi connectivity index (χ1) is 17.2. The largest absolute Gasteiger partial charge is 0.339 e. The van der Waals surface area contributed by atoms with Crippen LogP contribution in [0.25, 0.3) is 5.82 Å². The number of benzene rings is 1. The fraction of sp³-hybridized carbons (Fsp3) is 0.222. The van der Waals surface area contributed by atoms with Crippen molar-refractivity contribution in [1.82, 2.24) is 25.0 Å². The number of aryl methyl sites for hydroxylation is 4. The van der Waals surface area contributed by atoms with Crippen molar-refractivity contribution in [3.05, 3.63) is 82.4 Å². The topological polar surface area (TPSA) is 122 Å². The number of Topliss-reactive ketones (excluding diaryl/α,β-unsaturated/α-hetero) is 1. The fourth-order valence-corrected chi connectivity index (χ4v) is 3.25. The molecule has 0 unspecified atom stereocenters. The zero-order chi connectivity index (χ0) is 26.2. The molecule has 0 bridgehead atoms. The van der Waals surface area contributed by atoms with Gasteiger partial charge in [0.15, 0.2) is 23.1 Å². The van der Waals surface area contributed by atoms with Gasteiger partial charge in [-0.15, -0.1) is 5.10 Å². The SMILES string of the molecule is CC(=O)c1ccc(C)nc1-n1cc(C)c(C#N)n1.CC=Nc1cc(Nc2ccc(C)nn2)ccc1C. The summed E-state index contributed by atoms with van der Waals surface area (Å²) in [6.07, 6.45) is 3.49. The van der Waals surface area contributed by atoms with E-state index >= 15 is 0 Å².